The Morgan fingerprint density at radius 1 is 1.40 bits per heavy atom. The van der Waals surface area contributed by atoms with Crippen molar-refractivity contribution in [2.75, 3.05) is 25.1 Å². The molecule has 1 aromatic rings. The summed E-state index contributed by atoms with van der Waals surface area (Å²) in [6.45, 7) is 3.40. The van der Waals surface area contributed by atoms with Crippen molar-refractivity contribution in [3.05, 3.63) is 23.8 Å². The molecule has 0 amide bonds. The lowest BCUT2D eigenvalue weighted by molar-refractivity contribution is -0.116. The van der Waals surface area contributed by atoms with Crippen LogP contribution in [-0.4, -0.2) is 26.0 Å². The number of ether oxygens (including phenoxy) is 1. The van der Waals surface area contributed by atoms with Gasteiger partial charge in [0, 0.05) is 18.7 Å². The van der Waals surface area contributed by atoms with E-state index in [1.165, 1.54) is 0 Å². The fourth-order valence-electron chi connectivity index (χ4n) is 1.91. The van der Waals surface area contributed by atoms with Crippen LogP contribution in [-0.2, 0) is 4.79 Å². The first-order valence-electron chi connectivity index (χ1n) is 5.12. The highest BCUT2D eigenvalue weighted by molar-refractivity contribution is 5.87. The van der Waals surface area contributed by atoms with Crippen LogP contribution < -0.4 is 9.64 Å². The molecular weight excluding hydrogens is 190 g/mol. The molecule has 3 heteroatoms. The summed E-state index contributed by atoms with van der Waals surface area (Å²) in [5.41, 5.74) is 2.22. The summed E-state index contributed by atoms with van der Waals surface area (Å²) in [6, 6.07) is 6.02. The number of methoxy groups -OCH3 is 1. The van der Waals surface area contributed by atoms with Crippen LogP contribution in [0.15, 0.2) is 18.2 Å². The number of benzene rings is 1. The van der Waals surface area contributed by atoms with Crippen LogP contribution in [0.25, 0.3) is 0 Å². The molecular formula is C12H15NO2. The van der Waals surface area contributed by atoms with Gasteiger partial charge in [0.2, 0.25) is 0 Å². The van der Waals surface area contributed by atoms with Crippen LogP contribution in [0.2, 0.25) is 0 Å². The van der Waals surface area contributed by atoms with Crippen LogP contribution in [0.5, 0.6) is 5.75 Å². The zero-order valence-electron chi connectivity index (χ0n) is 9.12. The van der Waals surface area contributed by atoms with Crippen LogP contribution in [0.4, 0.5) is 5.69 Å². The Kier molecular flexibility index (Phi) is 2.62. The molecule has 0 spiro atoms. The number of ketones is 1. The Labute approximate surface area is 89.7 Å². The highest BCUT2D eigenvalue weighted by Gasteiger charge is 2.19. The van der Waals surface area contributed by atoms with Gasteiger partial charge in [0.15, 0.2) is 5.78 Å². The maximum atomic E-state index is 11.2. The second-order valence-electron chi connectivity index (χ2n) is 3.86. The predicted octanol–water partition coefficient (Wildman–Crippen LogP) is 1.78. The quantitative estimate of drug-likeness (QED) is 0.737. The number of carbonyl (C=O) groups is 1. The first-order valence-corrected chi connectivity index (χ1v) is 5.12. The van der Waals surface area contributed by atoms with Crippen molar-refractivity contribution in [3.8, 4) is 5.75 Å². The number of rotatable bonds is 2. The molecule has 0 N–H and O–H groups in total. The standard InChI is InChI=1S/C12H15NO2/c1-9-7-10(3-4-12(9)15-2)13-6-5-11(14)8-13/h3-4,7H,5-6,8H2,1-2H3. The number of nitrogens with zero attached hydrogens (tertiary/aromatic N) is 1. The van der Waals surface area contributed by atoms with Crippen molar-refractivity contribution in [1.82, 2.24) is 0 Å². The fourth-order valence-corrected chi connectivity index (χ4v) is 1.91. The van der Waals surface area contributed by atoms with E-state index in [9.17, 15) is 4.79 Å². The van der Waals surface area contributed by atoms with Gasteiger partial charge in [-0.05, 0) is 30.7 Å². The SMILES string of the molecule is COc1ccc(N2CCC(=O)C2)cc1C. The highest BCUT2D eigenvalue weighted by atomic mass is 16.5. The van der Waals surface area contributed by atoms with Gasteiger partial charge in [-0.2, -0.15) is 0 Å². The summed E-state index contributed by atoms with van der Waals surface area (Å²) in [5, 5.41) is 0. The molecule has 1 heterocycles. The molecule has 1 saturated heterocycles. The first-order chi connectivity index (χ1) is 7.20. The van der Waals surface area contributed by atoms with Crippen LogP contribution in [0, 0.1) is 6.92 Å². The summed E-state index contributed by atoms with van der Waals surface area (Å²) in [7, 11) is 1.67. The average Bonchev–Trinajstić information content (AvgIpc) is 2.65. The molecule has 80 valence electrons. The van der Waals surface area contributed by atoms with Gasteiger partial charge in [-0.15, -0.1) is 0 Å². The zero-order valence-corrected chi connectivity index (χ0v) is 9.12. The number of hydrogen-bond acceptors (Lipinski definition) is 3. The second-order valence-corrected chi connectivity index (χ2v) is 3.86. The number of Topliss-reactive ketones (excluding diaryl/α,β-unsaturated/α-hetero) is 1. The van der Waals surface area contributed by atoms with E-state index >= 15 is 0 Å². The van der Waals surface area contributed by atoms with Gasteiger partial charge in [-0.1, -0.05) is 0 Å². The minimum absolute atomic E-state index is 0.323. The van der Waals surface area contributed by atoms with E-state index < -0.39 is 0 Å². The lowest BCUT2D eigenvalue weighted by atomic mass is 10.2. The lowest BCUT2D eigenvalue weighted by Gasteiger charge is -2.17. The third-order valence-electron chi connectivity index (χ3n) is 2.77. The summed E-state index contributed by atoms with van der Waals surface area (Å²) >= 11 is 0. The number of aryl methyl sites for hydroxylation is 1. The molecule has 0 saturated carbocycles. The first kappa shape index (κ1) is 10.0. The van der Waals surface area contributed by atoms with Gasteiger partial charge in [0.1, 0.15) is 5.75 Å². The summed E-state index contributed by atoms with van der Waals surface area (Å²) in [4.78, 5) is 13.3. The summed E-state index contributed by atoms with van der Waals surface area (Å²) in [5.74, 6) is 1.22. The van der Waals surface area contributed by atoms with Gasteiger partial charge in [0.25, 0.3) is 0 Å². The molecule has 0 radical (unpaired) electrons. The Bertz CT molecular complexity index is 387. The van der Waals surface area contributed by atoms with E-state index in [0.717, 1.165) is 23.5 Å². The van der Waals surface area contributed by atoms with Crippen molar-refractivity contribution in [1.29, 1.82) is 0 Å². The Morgan fingerprint density at radius 2 is 2.20 bits per heavy atom. The third-order valence-corrected chi connectivity index (χ3v) is 2.77. The van der Waals surface area contributed by atoms with Crippen LogP contribution in [0.1, 0.15) is 12.0 Å². The van der Waals surface area contributed by atoms with Crippen molar-refractivity contribution in [2.24, 2.45) is 0 Å². The van der Waals surface area contributed by atoms with Crippen LogP contribution in [0.3, 0.4) is 0 Å². The average molecular weight is 205 g/mol. The number of anilines is 1. The maximum Gasteiger partial charge on any atom is 0.153 e. The van der Waals surface area contributed by atoms with E-state index in [2.05, 4.69) is 11.0 Å². The number of carbonyl (C=O) groups excluding carboxylic acids is 1. The molecule has 3 nitrogen and oxygen atoms in total. The number of hydrogen-bond donors (Lipinski definition) is 0. The monoisotopic (exact) mass is 205 g/mol. The van der Waals surface area contributed by atoms with E-state index in [0.29, 0.717) is 18.7 Å². The molecule has 0 unspecified atom stereocenters. The molecule has 0 aliphatic carbocycles. The molecule has 0 atom stereocenters. The molecule has 1 fully saturated rings. The maximum absolute atomic E-state index is 11.2. The molecule has 0 bridgehead atoms. The molecule has 15 heavy (non-hydrogen) atoms. The molecule has 2 rings (SSSR count). The van der Waals surface area contributed by atoms with Gasteiger partial charge in [0.05, 0.1) is 13.7 Å². The third kappa shape index (κ3) is 1.96. The van der Waals surface area contributed by atoms with Crippen molar-refractivity contribution < 1.29 is 9.53 Å². The zero-order chi connectivity index (χ0) is 10.8. The highest BCUT2D eigenvalue weighted by Crippen LogP contribution is 2.25. The molecule has 1 aromatic carbocycles. The van der Waals surface area contributed by atoms with E-state index in [1.807, 2.05) is 19.1 Å². The predicted molar refractivity (Wildman–Crippen MR) is 59.6 cm³/mol. The summed E-state index contributed by atoms with van der Waals surface area (Å²) in [6.07, 6.45) is 0.672. The smallest absolute Gasteiger partial charge is 0.153 e. The van der Waals surface area contributed by atoms with E-state index in [4.69, 9.17) is 4.74 Å². The van der Waals surface area contributed by atoms with Crippen molar-refractivity contribution in [2.45, 2.75) is 13.3 Å². The Balaban J connectivity index is 2.22. The van der Waals surface area contributed by atoms with Crippen molar-refractivity contribution in [3.63, 3.8) is 0 Å². The fraction of sp³-hybridized carbons (Fsp3) is 0.417. The van der Waals surface area contributed by atoms with Gasteiger partial charge >= 0.3 is 0 Å². The lowest BCUT2D eigenvalue weighted by Crippen LogP contribution is -2.19. The Morgan fingerprint density at radius 3 is 2.73 bits per heavy atom. The van der Waals surface area contributed by atoms with Crippen LogP contribution >= 0.6 is 0 Å². The van der Waals surface area contributed by atoms with E-state index in [1.54, 1.807) is 7.11 Å². The van der Waals surface area contributed by atoms with Crippen molar-refractivity contribution >= 4 is 11.5 Å². The topological polar surface area (TPSA) is 29.5 Å². The second kappa shape index (κ2) is 3.93. The van der Waals surface area contributed by atoms with Gasteiger partial charge in [-0.25, -0.2) is 0 Å². The molecule has 1 aliphatic rings. The van der Waals surface area contributed by atoms with E-state index in [-0.39, 0.29) is 0 Å². The molecule has 1 aliphatic heterocycles. The largest absolute Gasteiger partial charge is 0.496 e. The minimum Gasteiger partial charge on any atom is -0.496 e. The Hall–Kier alpha value is -1.51. The normalized spacial score (nSPS) is 15.9. The summed E-state index contributed by atoms with van der Waals surface area (Å²) < 4.78 is 5.20. The molecule has 0 aromatic heterocycles. The van der Waals surface area contributed by atoms with Gasteiger partial charge in [-0.3, -0.25) is 4.79 Å². The van der Waals surface area contributed by atoms with Gasteiger partial charge < -0.3 is 9.64 Å². The minimum atomic E-state index is 0.323.